The van der Waals surface area contributed by atoms with Crippen LogP contribution in [0, 0.1) is 5.82 Å². The van der Waals surface area contributed by atoms with Gasteiger partial charge < -0.3 is 20.0 Å². The first-order valence-electron chi connectivity index (χ1n) is 9.68. The fraction of sp³-hybridized carbons (Fsp3) is 0.182. The molecule has 0 aliphatic heterocycles. The van der Waals surface area contributed by atoms with Crippen LogP contribution in [0.4, 0.5) is 15.9 Å². The van der Waals surface area contributed by atoms with Crippen LogP contribution in [-0.4, -0.2) is 29.3 Å². The van der Waals surface area contributed by atoms with Crippen LogP contribution in [0.2, 0.25) is 5.02 Å². The van der Waals surface area contributed by atoms with E-state index < -0.39 is 23.5 Å². The van der Waals surface area contributed by atoms with E-state index in [4.69, 9.17) is 16.0 Å². The lowest BCUT2D eigenvalue weighted by Gasteiger charge is -2.22. The molecule has 0 fully saturated rings. The number of aromatic nitrogens is 1. The van der Waals surface area contributed by atoms with E-state index >= 15 is 0 Å². The van der Waals surface area contributed by atoms with Gasteiger partial charge in [0.25, 0.3) is 0 Å². The fourth-order valence-electron chi connectivity index (χ4n) is 2.77. The Labute approximate surface area is 188 Å². The van der Waals surface area contributed by atoms with E-state index in [2.05, 4.69) is 15.6 Å². The van der Waals surface area contributed by atoms with Crippen molar-refractivity contribution in [2.24, 2.45) is 0 Å². The first-order chi connectivity index (χ1) is 15.4. The van der Waals surface area contributed by atoms with Crippen molar-refractivity contribution in [3.05, 3.63) is 77.6 Å². The second-order valence-corrected chi connectivity index (χ2v) is 7.10. The average molecular weight is 459 g/mol. The topological polar surface area (TPSA) is 105 Å². The number of pyridine rings is 1. The minimum Gasteiger partial charge on any atom is -0.467 e. The molecule has 2 heterocycles. The van der Waals surface area contributed by atoms with Crippen LogP contribution in [0.3, 0.4) is 0 Å². The summed E-state index contributed by atoms with van der Waals surface area (Å²) in [6.07, 6.45) is 2.70. The van der Waals surface area contributed by atoms with Crippen molar-refractivity contribution in [3.8, 4) is 0 Å². The number of furan rings is 1. The van der Waals surface area contributed by atoms with E-state index in [1.165, 1.54) is 24.6 Å². The number of nitrogens with zero attached hydrogens (tertiary/aromatic N) is 2. The molecule has 3 aromatic rings. The predicted molar refractivity (Wildman–Crippen MR) is 116 cm³/mol. The number of rotatable bonds is 9. The van der Waals surface area contributed by atoms with Crippen LogP contribution < -0.4 is 15.5 Å². The van der Waals surface area contributed by atoms with E-state index in [-0.39, 0.29) is 36.6 Å². The van der Waals surface area contributed by atoms with Crippen molar-refractivity contribution in [2.75, 3.05) is 16.8 Å². The zero-order chi connectivity index (χ0) is 22.9. The highest BCUT2D eigenvalue weighted by atomic mass is 35.5. The predicted octanol–water partition coefficient (Wildman–Crippen LogP) is 3.54. The molecule has 0 spiro atoms. The largest absolute Gasteiger partial charge is 0.467 e. The van der Waals surface area contributed by atoms with Gasteiger partial charge in [0.2, 0.25) is 17.7 Å². The molecule has 0 unspecified atom stereocenters. The van der Waals surface area contributed by atoms with Crippen molar-refractivity contribution in [1.29, 1.82) is 0 Å². The molecule has 1 aromatic carbocycles. The van der Waals surface area contributed by atoms with Crippen molar-refractivity contribution >= 4 is 40.8 Å². The van der Waals surface area contributed by atoms with Gasteiger partial charge in [0.15, 0.2) is 0 Å². The van der Waals surface area contributed by atoms with Gasteiger partial charge in [-0.1, -0.05) is 17.7 Å². The molecule has 32 heavy (non-hydrogen) atoms. The van der Waals surface area contributed by atoms with Gasteiger partial charge in [-0.3, -0.25) is 14.4 Å². The number of nitrogens with one attached hydrogen (secondary N) is 2. The zero-order valence-corrected chi connectivity index (χ0v) is 17.6. The smallest absolute Gasteiger partial charge is 0.240 e. The lowest BCUT2D eigenvalue weighted by Crippen LogP contribution is -2.41. The number of benzene rings is 1. The maximum absolute atomic E-state index is 13.6. The Hall–Kier alpha value is -3.72. The highest BCUT2D eigenvalue weighted by Gasteiger charge is 2.21. The van der Waals surface area contributed by atoms with Gasteiger partial charge in [0.05, 0.1) is 17.8 Å². The van der Waals surface area contributed by atoms with Crippen LogP contribution in [0.5, 0.6) is 0 Å². The van der Waals surface area contributed by atoms with Gasteiger partial charge in [0, 0.05) is 24.7 Å². The number of amides is 3. The summed E-state index contributed by atoms with van der Waals surface area (Å²) in [6, 6.07) is 12.1. The third-order valence-corrected chi connectivity index (χ3v) is 4.65. The lowest BCUT2D eigenvalue weighted by molar-refractivity contribution is -0.125. The fourth-order valence-corrected chi connectivity index (χ4v) is 2.95. The SMILES string of the molecule is O=C(CN(C(=O)CCC(=O)Nc1ccccn1)c1ccc(F)c(Cl)c1)NCc1ccco1. The van der Waals surface area contributed by atoms with E-state index in [1.807, 2.05) is 0 Å². The van der Waals surface area contributed by atoms with Crippen LogP contribution in [-0.2, 0) is 20.9 Å². The molecule has 10 heteroatoms. The zero-order valence-electron chi connectivity index (χ0n) is 16.9. The number of carbonyl (C=O) groups is 3. The van der Waals surface area contributed by atoms with Crippen LogP contribution in [0.25, 0.3) is 0 Å². The second-order valence-electron chi connectivity index (χ2n) is 6.70. The number of halogens is 2. The molecule has 3 amide bonds. The maximum atomic E-state index is 13.6. The van der Waals surface area contributed by atoms with Gasteiger partial charge in [-0.15, -0.1) is 0 Å². The molecule has 0 aliphatic rings. The van der Waals surface area contributed by atoms with Gasteiger partial charge in [-0.25, -0.2) is 9.37 Å². The summed E-state index contributed by atoms with van der Waals surface area (Å²) in [6.45, 7) is -0.201. The summed E-state index contributed by atoms with van der Waals surface area (Å²) in [4.78, 5) is 42.6. The summed E-state index contributed by atoms with van der Waals surface area (Å²) in [7, 11) is 0. The molecule has 166 valence electrons. The highest BCUT2D eigenvalue weighted by Crippen LogP contribution is 2.23. The molecule has 0 aliphatic carbocycles. The minimum absolute atomic E-state index is 0.130. The van der Waals surface area contributed by atoms with Gasteiger partial charge in [-0.2, -0.15) is 0 Å². The molecule has 2 aromatic heterocycles. The summed E-state index contributed by atoms with van der Waals surface area (Å²) >= 11 is 5.85. The maximum Gasteiger partial charge on any atom is 0.240 e. The summed E-state index contributed by atoms with van der Waals surface area (Å²) in [5.41, 5.74) is 0.236. The van der Waals surface area contributed by atoms with E-state index in [0.717, 1.165) is 11.0 Å². The Morgan fingerprint density at radius 2 is 1.91 bits per heavy atom. The minimum atomic E-state index is -0.653. The monoisotopic (exact) mass is 458 g/mol. The van der Waals surface area contributed by atoms with Gasteiger partial charge in [0.1, 0.15) is 23.9 Å². The molecular formula is C22H20ClFN4O4. The molecule has 0 bridgehead atoms. The first-order valence-corrected chi connectivity index (χ1v) is 10.1. The quantitative estimate of drug-likeness (QED) is 0.510. The van der Waals surface area contributed by atoms with Crippen LogP contribution in [0.15, 0.2) is 65.4 Å². The summed E-state index contributed by atoms with van der Waals surface area (Å²) in [5, 5.41) is 5.04. The summed E-state index contributed by atoms with van der Waals surface area (Å²) < 4.78 is 18.7. The molecule has 8 nitrogen and oxygen atoms in total. The molecular weight excluding hydrogens is 439 g/mol. The molecule has 0 atom stereocenters. The molecule has 0 saturated heterocycles. The van der Waals surface area contributed by atoms with Crippen molar-refractivity contribution in [2.45, 2.75) is 19.4 Å². The highest BCUT2D eigenvalue weighted by molar-refractivity contribution is 6.31. The number of hydrogen-bond donors (Lipinski definition) is 2. The van der Waals surface area contributed by atoms with Gasteiger partial charge in [-0.05, 0) is 42.5 Å². The third kappa shape index (κ3) is 6.64. The van der Waals surface area contributed by atoms with Gasteiger partial charge >= 0.3 is 0 Å². The summed E-state index contributed by atoms with van der Waals surface area (Å²) in [5.74, 6) is -1.11. The second kappa shape index (κ2) is 11.1. The van der Waals surface area contributed by atoms with E-state index in [0.29, 0.717) is 11.6 Å². The van der Waals surface area contributed by atoms with E-state index in [1.54, 1.807) is 30.3 Å². The average Bonchev–Trinajstić information content (AvgIpc) is 3.31. The molecule has 0 saturated carbocycles. The van der Waals surface area contributed by atoms with Crippen LogP contribution in [0.1, 0.15) is 18.6 Å². The molecule has 3 rings (SSSR count). The number of hydrogen-bond acceptors (Lipinski definition) is 5. The van der Waals surface area contributed by atoms with Crippen molar-refractivity contribution in [1.82, 2.24) is 10.3 Å². The van der Waals surface area contributed by atoms with Crippen molar-refractivity contribution < 1.29 is 23.2 Å². The Kier molecular flexibility index (Phi) is 7.93. The first kappa shape index (κ1) is 23.0. The Balaban J connectivity index is 1.65. The standard InChI is InChI=1S/C22H20ClFN4O4/c23-17-12-15(6-7-18(17)24)28(14-21(30)26-13-16-4-3-11-32-16)22(31)9-8-20(29)27-19-5-1-2-10-25-19/h1-7,10-12H,8-9,13-14H2,(H,26,30)(H,25,27,29). The molecule has 2 N–H and O–H groups in total. The third-order valence-electron chi connectivity index (χ3n) is 4.36. The lowest BCUT2D eigenvalue weighted by atomic mass is 10.2. The Morgan fingerprint density at radius 1 is 1.06 bits per heavy atom. The number of carbonyl (C=O) groups excluding carboxylic acids is 3. The molecule has 0 radical (unpaired) electrons. The number of anilines is 2. The van der Waals surface area contributed by atoms with Crippen molar-refractivity contribution in [3.63, 3.8) is 0 Å². The Bertz CT molecular complexity index is 1080. The Morgan fingerprint density at radius 3 is 2.59 bits per heavy atom. The van der Waals surface area contributed by atoms with Crippen LogP contribution >= 0.6 is 11.6 Å². The normalized spacial score (nSPS) is 10.4. The van der Waals surface area contributed by atoms with E-state index in [9.17, 15) is 18.8 Å².